The number of fused-ring (bicyclic) bond motifs is 1. The first kappa shape index (κ1) is 28.9. The molecule has 1 amide bonds. The lowest BCUT2D eigenvalue weighted by atomic mass is 9.86. The number of carboxylic acid groups (broad SMARTS) is 1. The van der Waals surface area contributed by atoms with Crippen LogP contribution in [0.2, 0.25) is 5.02 Å². The van der Waals surface area contributed by atoms with E-state index in [1.165, 1.54) is 12.1 Å². The number of oxime groups is 1. The lowest BCUT2D eigenvalue weighted by Crippen LogP contribution is -2.49. The van der Waals surface area contributed by atoms with Crippen LogP contribution < -0.4 is 4.90 Å². The maximum Gasteiger partial charge on any atom is 0.335 e. The summed E-state index contributed by atoms with van der Waals surface area (Å²) in [5, 5.41) is 14.0. The van der Waals surface area contributed by atoms with Gasteiger partial charge in [0.15, 0.2) is 5.78 Å². The van der Waals surface area contributed by atoms with Crippen molar-refractivity contribution >= 4 is 40.7 Å². The Morgan fingerprint density at radius 3 is 2.44 bits per heavy atom. The third kappa shape index (κ3) is 6.00. The molecule has 3 aromatic rings. The fourth-order valence-corrected chi connectivity index (χ4v) is 6.36. The van der Waals surface area contributed by atoms with Gasteiger partial charge in [-0.1, -0.05) is 53.2 Å². The van der Waals surface area contributed by atoms with Crippen LogP contribution in [0.25, 0.3) is 0 Å². The number of Topliss-reactive ketones (excluding diaryl/α,β-unsaturated/α-hetero) is 1. The Morgan fingerprint density at radius 2 is 1.72 bits per heavy atom. The van der Waals surface area contributed by atoms with Crippen molar-refractivity contribution in [2.24, 2.45) is 5.16 Å². The van der Waals surface area contributed by atoms with Gasteiger partial charge < -0.3 is 24.6 Å². The summed E-state index contributed by atoms with van der Waals surface area (Å²) in [4.78, 5) is 51.4. The van der Waals surface area contributed by atoms with Gasteiger partial charge in [0.1, 0.15) is 6.04 Å². The van der Waals surface area contributed by atoms with E-state index < -0.39 is 18.1 Å². The summed E-state index contributed by atoms with van der Waals surface area (Å²) < 4.78 is 0. The normalized spacial score (nSPS) is 20.3. The molecular weight excluding hydrogens is 568 g/mol. The zero-order chi connectivity index (χ0) is 30.1. The molecule has 2 unspecified atom stereocenters. The molecule has 1 N–H and O–H groups in total. The number of carbonyl (C=O) groups excluding carboxylic acids is 2. The fourth-order valence-electron chi connectivity index (χ4n) is 6.17. The van der Waals surface area contributed by atoms with Gasteiger partial charge in [-0.25, -0.2) is 4.79 Å². The quantitative estimate of drug-likeness (QED) is 0.433. The maximum absolute atomic E-state index is 14.1. The zero-order valence-corrected chi connectivity index (χ0v) is 24.7. The Bertz CT molecular complexity index is 1580. The van der Waals surface area contributed by atoms with Crippen LogP contribution in [0.4, 0.5) is 5.69 Å². The SMILES string of the molecule is CN1CCN(c2cccc3c2CCN(C(=O)C2CC(c4cccc(Cl)c4)=NO2)C3C(=O)Cc2ccc(C(=O)O)cc2)CC1. The van der Waals surface area contributed by atoms with E-state index in [0.717, 1.165) is 48.6 Å². The van der Waals surface area contributed by atoms with Crippen molar-refractivity contribution in [3.63, 3.8) is 0 Å². The number of halogens is 1. The van der Waals surface area contributed by atoms with Gasteiger partial charge in [0, 0.05) is 61.8 Å². The Morgan fingerprint density at radius 1 is 0.977 bits per heavy atom. The van der Waals surface area contributed by atoms with E-state index in [-0.39, 0.29) is 30.1 Å². The fraction of sp³-hybridized carbons (Fsp3) is 0.333. The number of amides is 1. The van der Waals surface area contributed by atoms with E-state index in [2.05, 4.69) is 28.1 Å². The third-order valence-corrected chi connectivity index (χ3v) is 8.75. The summed E-state index contributed by atoms with van der Waals surface area (Å²) in [7, 11) is 2.12. The van der Waals surface area contributed by atoms with Gasteiger partial charge >= 0.3 is 5.97 Å². The second-order valence-electron chi connectivity index (χ2n) is 11.3. The maximum atomic E-state index is 14.1. The van der Waals surface area contributed by atoms with Crippen molar-refractivity contribution in [3.8, 4) is 0 Å². The molecule has 43 heavy (non-hydrogen) atoms. The average Bonchev–Trinajstić information content (AvgIpc) is 3.51. The Balaban J connectivity index is 1.29. The Labute approximate surface area is 255 Å². The highest BCUT2D eigenvalue weighted by atomic mass is 35.5. The number of hydrogen-bond acceptors (Lipinski definition) is 7. The van der Waals surface area contributed by atoms with Crippen molar-refractivity contribution in [1.29, 1.82) is 0 Å². The molecule has 0 aromatic heterocycles. The summed E-state index contributed by atoms with van der Waals surface area (Å²) in [5.74, 6) is -1.44. The number of aromatic carboxylic acids is 1. The molecule has 9 nitrogen and oxygen atoms in total. The van der Waals surface area contributed by atoms with Gasteiger partial charge in [0.25, 0.3) is 5.91 Å². The van der Waals surface area contributed by atoms with E-state index in [4.69, 9.17) is 16.4 Å². The molecule has 0 spiro atoms. The summed E-state index contributed by atoms with van der Waals surface area (Å²) in [6.07, 6.45) is 0.112. The monoisotopic (exact) mass is 600 g/mol. The molecule has 3 aliphatic heterocycles. The van der Waals surface area contributed by atoms with Crippen molar-refractivity contribution in [1.82, 2.24) is 9.80 Å². The Hall–Kier alpha value is -4.21. The largest absolute Gasteiger partial charge is 0.478 e. The van der Waals surface area contributed by atoms with Crippen LogP contribution in [0.5, 0.6) is 0 Å². The lowest BCUT2D eigenvalue weighted by molar-refractivity contribution is -0.149. The third-order valence-electron chi connectivity index (χ3n) is 8.51. The van der Waals surface area contributed by atoms with Gasteiger partial charge in [-0.3, -0.25) is 9.59 Å². The first-order chi connectivity index (χ1) is 20.8. The number of ketones is 1. The van der Waals surface area contributed by atoms with E-state index in [1.807, 2.05) is 24.3 Å². The van der Waals surface area contributed by atoms with Crippen LogP contribution in [0.3, 0.4) is 0 Å². The molecule has 0 saturated carbocycles. The zero-order valence-electron chi connectivity index (χ0n) is 23.9. The van der Waals surface area contributed by atoms with E-state index in [1.54, 1.807) is 29.2 Å². The highest BCUT2D eigenvalue weighted by Crippen LogP contribution is 2.38. The van der Waals surface area contributed by atoms with E-state index in [0.29, 0.717) is 29.3 Å². The average molecular weight is 601 g/mol. The predicted octanol–water partition coefficient (Wildman–Crippen LogP) is 4.22. The second-order valence-corrected chi connectivity index (χ2v) is 11.7. The van der Waals surface area contributed by atoms with Gasteiger partial charge in [-0.2, -0.15) is 0 Å². The first-order valence-corrected chi connectivity index (χ1v) is 14.9. The summed E-state index contributed by atoms with van der Waals surface area (Å²) in [5.41, 5.74) is 5.31. The molecule has 3 aliphatic rings. The number of rotatable bonds is 7. The van der Waals surface area contributed by atoms with Crippen LogP contribution >= 0.6 is 11.6 Å². The van der Waals surface area contributed by atoms with Gasteiger partial charge in [-0.05, 0) is 60.5 Å². The molecule has 0 bridgehead atoms. The number of hydrogen-bond donors (Lipinski definition) is 1. The molecule has 2 atom stereocenters. The second kappa shape index (κ2) is 12.2. The van der Waals surface area contributed by atoms with Crippen molar-refractivity contribution in [3.05, 3.63) is 99.6 Å². The molecule has 1 saturated heterocycles. The number of anilines is 1. The highest BCUT2D eigenvalue weighted by molar-refractivity contribution is 6.31. The summed E-state index contributed by atoms with van der Waals surface area (Å²) >= 11 is 6.17. The van der Waals surface area contributed by atoms with Gasteiger partial charge in [0.05, 0.1) is 11.3 Å². The minimum absolute atomic E-state index is 0.0578. The van der Waals surface area contributed by atoms with Gasteiger partial charge in [0.2, 0.25) is 6.10 Å². The molecule has 10 heteroatoms. The topological polar surface area (TPSA) is 103 Å². The number of benzene rings is 3. The number of likely N-dealkylation sites (N-methyl/N-ethyl adjacent to an activating group) is 1. The van der Waals surface area contributed by atoms with Gasteiger partial charge in [-0.15, -0.1) is 0 Å². The van der Waals surface area contributed by atoms with Crippen molar-refractivity contribution in [2.45, 2.75) is 31.4 Å². The Kier molecular flexibility index (Phi) is 8.19. The summed E-state index contributed by atoms with van der Waals surface area (Å²) in [6, 6.07) is 18.8. The molecule has 1 fully saturated rings. The lowest BCUT2D eigenvalue weighted by Gasteiger charge is -2.41. The molecule has 3 aromatic carbocycles. The van der Waals surface area contributed by atoms with Crippen molar-refractivity contribution < 1.29 is 24.3 Å². The number of nitrogens with zero attached hydrogens (tertiary/aromatic N) is 4. The highest BCUT2D eigenvalue weighted by Gasteiger charge is 2.42. The van der Waals surface area contributed by atoms with Crippen LogP contribution in [0.15, 0.2) is 71.9 Å². The summed E-state index contributed by atoms with van der Waals surface area (Å²) in [6.45, 7) is 4.07. The smallest absolute Gasteiger partial charge is 0.335 e. The standard InChI is InChI=1S/C33H33ClN4O5/c1-36-14-16-37(17-15-36)28-7-3-6-26-25(28)12-13-38(31(26)29(39)18-21-8-10-22(11-9-21)33(41)42)32(40)30-20-27(35-43-30)23-4-2-5-24(34)19-23/h2-11,19,30-31H,12-18,20H2,1H3,(H,41,42). The van der Waals surface area contributed by atoms with Crippen LogP contribution in [0, 0.1) is 0 Å². The first-order valence-electron chi connectivity index (χ1n) is 14.5. The van der Waals surface area contributed by atoms with Crippen LogP contribution in [-0.2, 0) is 27.3 Å². The molecular formula is C33H33ClN4O5. The number of carbonyl (C=O) groups is 3. The van der Waals surface area contributed by atoms with Crippen molar-refractivity contribution in [2.75, 3.05) is 44.7 Å². The molecule has 0 radical (unpaired) electrons. The molecule has 3 heterocycles. The molecule has 0 aliphatic carbocycles. The van der Waals surface area contributed by atoms with Crippen LogP contribution in [-0.4, -0.2) is 84.2 Å². The predicted molar refractivity (Wildman–Crippen MR) is 164 cm³/mol. The minimum Gasteiger partial charge on any atom is -0.478 e. The minimum atomic E-state index is -1.02. The molecule has 222 valence electrons. The van der Waals surface area contributed by atoms with E-state index >= 15 is 0 Å². The number of piperazine rings is 1. The molecule has 6 rings (SSSR count). The number of carboxylic acids is 1. The van der Waals surface area contributed by atoms with E-state index in [9.17, 15) is 19.5 Å². The van der Waals surface area contributed by atoms with Crippen LogP contribution in [0.1, 0.15) is 45.1 Å².